The second kappa shape index (κ2) is 6.07. The summed E-state index contributed by atoms with van der Waals surface area (Å²) in [5.74, 6) is -0.472. The van der Waals surface area contributed by atoms with Gasteiger partial charge in [0.15, 0.2) is 0 Å². The van der Waals surface area contributed by atoms with Crippen LogP contribution in [0.3, 0.4) is 0 Å². The van der Waals surface area contributed by atoms with E-state index < -0.39 is 15.8 Å². The maximum atomic E-state index is 13.4. The Morgan fingerprint density at radius 1 is 1.04 bits per heavy atom. The zero-order valence-corrected chi connectivity index (χ0v) is 13.8. The maximum Gasteiger partial charge on any atom is 0.238 e. The van der Waals surface area contributed by atoms with Crippen molar-refractivity contribution in [2.75, 3.05) is 0 Å². The van der Waals surface area contributed by atoms with E-state index in [2.05, 4.69) is 0 Å². The Kier molecular flexibility index (Phi) is 4.27. The van der Waals surface area contributed by atoms with Gasteiger partial charge < -0.3 is 0 Å². The van der Waals surface area contributed by atoms with Gasteiger partial charge in [-0.05, 0) is 59.7 Å². The Balaban J connectivity index is 2.20. The first-order valence-corrected chi connectivity index (χ1v) is 9.10. The van der Waals surface area contributed by atoms with E-state index in [-0.39, 0.29) is 9.92 Å². The van der Waals surface area contributed by atoms with Gasteiger partial charge in [-0.3, -0.25) is 0 Å². The molecule has 0 saturated carbocycles. The summed E-state index contributed by atoms with van der Waals surface area (Å²) in [4.78, 5) is 0.114. The van der Waals surface area contributed by atoms with Gasteiger partial charge in [-0.2, -0.15) is 0 Å². The molecule has 0 heterocycles. The average molecular weight is 352 g/mol. The summed E-state index contributed by atoms with van der Waals surface area (Å²) < 4.78 is 37.1. The first-order chi connectivity index (χ1) is 10.9. The molecular weight excluding hydrogens is 337 g/mol. The van der Waals surface area contributed by atoms with Crippen molar-refractivity contribution in [2.24, 2.45) is 5.14 Å². The Bertz CT molecular complexity index is 907. The third-order valence-corrected chi connectivity index (χ3v) is 5.26. The van der Waals surface area contributed by atoms with Crippen molar-refractivity contribution in [1.82, 2.24) is 0 Å². The molecule has 23 heavy (non-hydrogen) atoms. The van der Waals surface area contributed by atoms with Crippen LogP contribution in [0.25, 0.3) is 11.1 Å². The first-order valence-electron chi connectivity index (χ1n) is 7.17. The van der Waals surface area contributed by atoms with E-state index in [0.29, 0.717) is 5.56 Å². The van der Waals surface area contributed by atoms with Crippen LogP contribution in [0.4, 0.5) is 4.39 Å². The third-order valence-electron chi connectivity index (χ3n) is 4.00. The largest absolute Gasteiger partial charge is 0.238 e. The van der Waals surface area contributed by atoms with E-state index in [0.717, 1.165) is 36.0 Å². The number of allylic oxidation sites excluding steroid dienone is 2. The Morgan fingerprint density at radius 2 is 1.74 bits per heavy atom. The number of rotatable bonds is 3. The van der Waals surface area contributed by atoms with Crippen LogP contribution in [-0.2, 0) is 10.0 Å². The molecule has 0 spiro atoms. The van der Waals surface area contributed by atoms with E-state index >= 15 is 0 Å². The summed E-state index contributed by atoms with van der Waals surface area (Å²) in [5, 5.41) is 5.39. The normalized spacial score (nSPS) is 15.3. The minimum atomic E-state index is -3.81. The van der Waals surface area contributed by atoms with E-state index in [1.54, 1.807) is 30.3 Å². The monoisotopic (exact) mass is 351 g/mol. The molecule has 6 heteroatoms. The Labute approximate surface area is 139 Å². The van der Waals surface area contributed by atoms with E-state index in [1.165, 1.54) is 12.1 Å². The molecular formula is C17H15ClFNO2S. The van der Waals surface area contributed by atoms with Gasteiger partial charge in [-0.1, -0.05) is 35.9 Å². The standard InChI is InChI=1S/C17H15ClFNO2S/c18-15-10-11(8-9-16(15)19)12-5-3-6-13(12)14-4-1-2-7-17(14)23(20,21)22/h1-2,4,7-10H,3,5-6H2,(H2,20,21,22). The van der Waals surface area contributed by atoms with Crippen LogP contribution in [-0.4, -0.2) is 8.42 Å². The minimum absolute atomic E-state index is 0.0565. The molecule has 0 atom stereocenters. The molecule has 120 valence electrons. The fourth-order valence-electron chi connectivity index (χ4n) is 3.01. The van der Waals surface area contributed by atoms with Crippen LogP contribution < -0.4 is 5.14 Å². The molecule has 1 aliphatic carbocycles. The zero-order chi connectivity index (χ0) is 16.6. The molecule has 0 aliphatic heterocycles. The first kappa shape index (κ1) is 16.2. The smallest absolute Gasteiger partial charge is 0.225 e. The lowest BCUT2D eigenvalue weighted by Gasteiger charge is -2.12. The summed E-state index contributed by atoms with van der Waals surface area (Å²) in [6.45, 7) is 0. The number of hydrogen-bond donors (Lipinski definition) is 1. The molecule has 3 rings (SSSR count). The fourth-order valence-corrected chi connectivity index (χ4v) is 3.95. The molecule has 0 bridgehead atoms. The van der Waals surface area contributed by atoms with Gasteiger partial charge in [0.25, 0.3) is 0 Å². The molecule has 0 saturated heterocycles. The maximum absolute atomic E-state index is 13.4. The van der Waals surface area contributed by atoms with Crippen LogP contribution in [0.2, 0.25) is 5.02 Å². The number of primary sulfonamides is 1. The molecule has 0 amide bonds. The molecule has 1 aliphatic rings. The predicted molar refractivity (Wildman–Crippen MR) is 89.9 cm³/mol. The van der Waals surface area contributed by atoms with Crippen LogP contribution in [0.1, 0.15) is 30.4 Å². The lowest BCUT2D eigenvalue weighted by Crippen LogP contribution is -2.14. The van der Waals surface area contributed by atoms with Crippen molar-refractivity contribution >= 4 is 32.8 Å². The molecule has 0 aromatic heterocycles. The summed E-state index contributed by atoms with van der Waals surface area (Å²) in [5.41, 5.74) is 3.34. The lowest BCUT2D eigenvalue weighted by atomic mass is 9.97. The van der Waals surface area contributed by atoms with Gasteiger partial charge in [0.05, 0.1) is 9.92 Å². The van der Waals surface area contributed by atoms with Gasteiger partial charge in [0.1, 0.15) is 5.82 Å². The lowest BCUT2D eigenvalue weighted by molar-refractivity contribution is 0.597. The average Bonchev–Trinajstić information content (AvgIpc) is 2.98. The van der Waals surface area contributed by atoms with Crippen molar-refractivity contribution < 1.29 is 12.8 Å². The van der Waals surface area contributed by atoms with Gasteiger partial charge in [-0.15, -0.1) is 0 Å². The van der Waals surface area contributed by atoms with Crippen molar-refractivity contribution in [3.63, 3.8) is 0 Å². The molecule has 0 radical (unpaired) electrons. The van der Waals surface area contributed by atoms with Crippen molar-refractivity contribution in [3.05, 3.63) is 64.4 Å². The highest BCUT2D eigenvalue weighted by Gasteiger charge is 2.23. The van der Waals surface area contributed by atoms with Crippen molar-refractivity contribution in [1.29, 1.82) is 0 Å². The number of halogens is 2. The van der Waals surface area contributed by atoms with Crippen molar-refractivity contribution in [2.45, 2.75) is 24.2 Å². The molecule has 3 nitrogen and oxygen atoms in total. The Hall–Kier alpha value is -1.69. The van der Waals surface area contributed by atoms with Crippen LogP contribution in [0.5, 0.6) is 0 Å². The zero-order valence-electron chi connectivity index (χ0n) is 12.2. The van der Waals surface area contributed by atoms with Crippen molar-refractivity contribution in [3.8, 4) is 0 Å². The molecule has 0 unspecified atom stereocenters. The van der Waals surface area contributed by atoms with Gasteiger partial charge in [0.2, 0.25) is 10.0 Å². The highest BCUT2D eigenvalue weighted by Crippen LogP contribution is 2.42. The molecule has 0 fully saturated rings. The van der Waals surface area contributed by atoms with Crippen LogP contribution >= 0.6 is 11.6 Å². The van der Waals surface area contributed by atoms with Gasteiger partial charge in [-0.25, -0.2) is 17.9 Å². The number of sulfonamides is 1. The highest BCUT2D eigenvalue weighted by atomic mass is 35.5. The van der Waals surface area contributed by atoms with Gasteiger partial charge in [0, 0.05) is 0 Å². The summed E-state index contributed by atoms with van der Waals surface area (Å²) in [6, 6.07) is 11.3. The fraction of sp³-hybridized carbons (Fsp3) is 0.176. The summed E-state index contributed by atoms with van der Waals surface area (Å²) in [7, 11) is -3.81. The summed E-state index contributed by atoms with van der Waals surface area (Å²) in [6.07, 6.45) is 2.44. The molecule has 2 aromatic carbocycles. The second-order valence-corrected chi connectivity index (χ2v) is 7.42. The third kappa shape index (κ3) is 3.17. The highest BCUT2D eigenvalue weighted by molar-refractivity contribution is 7.89. The second-order valence-electron chi connectivity index (χ2n) is 5.48. The number of nitrogens with two attached hydrogens (primary N) is 1. The van der Waals surface area contributed by atoms with Gasteiger partial charge >= 0.3 is 0 Å². The van der Waals surface area contributed by atoms with Crippen LogP contribution in [0.15, 0.2) is 47.4 Å². The van der Waals surface area contributed by atoms with E-state index in [9.17, 15) is 12.8 Å². The number of benzene rings is 2. The quantitative estimate of drug-likeness (QED) is 0.899. The van der Waals surface area contributed by atoms with E-state index in [1.807, 2.05) is 0 Å². The molecule has 2 N–H and O–H groups in total. The topological polar surface area (TPSA) is 60.2 Å². The number of hydrogen-bond acceptors (Lipinski definition) is 2. The Morgan fingerprint density at radius 3 is 2.43 bits per heavy atom. The predicted octanol–water partition coefficient (Wildman–Crippen LogP) is 4.22. The van der Waals surface area contributed by atoms with Crippen LogP contribution in [0, 0.1) is 5.82 Å². The molecule has 2 aromatic rings. The van der Waals surface area contributed by atoms with E-state index in [4.69, 9.17) is 16.7 Å². The minimum Gasteiger partial charge on any atom is -0.225 e. The summed E-state index contributed by atoms with van der Waals surface area (Å²) >= 11 is 5.88. The SMILES string of the molecule is NS(=O)(=O)c1ccccc1C1=C(c2ccc(F)c(Cl)c2)CCC1.